The van der Waals surface area contributed by atoms with E-state index in [2.05, 4.69) is 0 Å². The first-order chi connectivity index (χ1) is 5.65. The topological polar surface area (TPSA) is 72.3 Å². The summed E-state index contributed by atoms with van der Waals surface area (Å²) in [4.78, 5) is 0. The molecular formula is C9H14N2O. The van der Waals surface area contributed by atoms with Gasteiger partial charge in [-0.25, -0.2) is 0 Å². The Hall–Kier alpha value is -1.06. The summed E-state index contributed by atoms with van der Waals surface area (Å²) >= 11 is 0. The molecule has 1 aromatic rings. The van der Waals surface area contributed by atoms with E-state index in [0.29, 0.717) is 12.1 Å². The van der Waals surface area contributed by atoms with Crippen molar-refractivity contribution in [3.05, 3.63) is 29.3 Å². The minimum absolute atomic E-state index is 0.230. The zero-order chi connectivity index (χ0) is 9.14. The van der Waals surface area contributed by atoms with Crippen LogP contribution in [0.1, 0.15) is 17.2 Å². The van der Waals surface area contributed by atoms with Gasteiger partial charge < -0.3 is 16.6 Å². The van der Waals surface area contributed by atoms with Gasteiger partial charge >= 0.3 is 0 Å². The summed E-state index contributed by atoms with van der Waals surface area (Å²) in [7, 11) is 0. The monoisotopic (exact) mass is 166 g/mol. The number of rotatable bonds is 2. The first-order valence-corrected chi connectivity index (χ1v) is 3.90. The zero-order valence-electron chi connectivity index (χ0n) is 7.12. The molecule has 0 unspecified atom stereocenters. The van der Waals surface area contributed by atoms with Crippen molar-refractivity contribution in [2.45, 2.75) is 13.0 Å². The van der Waals surface area contributed by atoms with Crippen molar-refractivity contribution >= 4 is 0 Å². The predicted molar refractivity (Wildman–Crippen MR) is 48.8 cm³/mol. The molecule has 5 N–H and O–H groups in total. The van der Waals surface area contributed by atoms with Gasteiger partial charge in [-0.1, -0.05) is 12.1 Å². The summed E-state index contributed by atoms with van der Waals surface area (Å²) < 4.78 is 0. The number of nitrogens with two attached hydrogens (primary N) is 2. The molecule has 0 aliphatic carbocycles. The van der Waals surface area contributed by atoms with E-state index in [4.69, 9.17) is 11.5 Å². The van der Waals surface area contributed by atoms with E-state index in [-0.39, 0.29) is 11.8 Å². The molecular weight excluding hydrogens is 152 g/mol. The van der Waals surface area contributed by atoms with Gasteiger partial charge in [0.15, 0.2) is 0 Å². The molecule has 0 radical (unpaired) electrons. The maximum absolute atomic E-state index is 9.46. The third-order valence-corrected chi connectivity index (χ3v) is 1.84. The van der Waals surface area contributed by atoms with Crippen LogP contribution in [0, 0.1) is 6.92 Å². The maximum atomic E-state index is 9.46. The van der Waals surface area contributed by atoms with Crippen LogP contribution in [0.5, 0.6) is 5.75 Å². The van der Waals surface area contributed by atoms with Gasteiger partial charge in [0.2, 0.25) is 0 Å². The van der Waals surface area contributed by atoms with Gasteiger partial charge in [0, 0.05) is 18.2 Å². The lowest BCUT2D eigenvalue weighted by atomic mass is 10.0. The fourth-order valence-corrected chi connectivity index (χ4v) is 1.09. The highest BCUT2D eigenvalue weighted by Crippen LogP contribution is 2.22. The SMILES string of the molecule is Cc1ccc([C@H](N)CN)c(O)c1. The normalized spacial score (nSPS) is 12.9. The lowest BCUT2D eigenvalue weighted by molar-refractivity contribution is 0.461. The van der Waals surface area contributed by atoms with Gasteiger partial charge in [0.05, 0.1) is 0 Å². The van der Waals surface area contributed by atoms with Gasteiger partial charge in [-0.05, 0) is 18.6 Å². The second kappa shape index (κ2) is 3.56. The Morgan fingerprint density at radius 2 is 2.17 bits per heavy atom. The van der Waals surface area contributed by atoms with E-state index in [1.54, 1.807) is 6.07 Å². The van der Waals surface area contributed by atoms with Crippen LogP contribution in [-0.2, 0) is 0 Å². The van der Waals surface area contributed by atoms with Gasteiger partial charge in [-0.3, -0.25) is 0 Å². The number of aromatic hydroxyl groups is 1. The van der Waals surface area contributed by atoms with Crippen LogP contribution in [-0.4, -0.2) is 11.7 Å². The van der Waals surface area contributed by atoms with E-state index < -0.39 is 0 Å². The summed E-state index contributed by atoms with van der Waals surface area (Å²) in [6.45, 7) is 2.26. The molecule has 3 heteroatoms. The number of hydrogen-bond donors (Lipinski definition) is 3. The number of phenols is 1. The molecule has 0 saturated heterocycles. The average molecular weight is 166 g/mol. The zero-order valence-corrected chi connectivity index (χ0v) is 7.12. The van der Waals surface area contributed by atoms with Crippen molar-refractivity contribution in [3.8, 4) is 5.75 Å². The summed E-state index contributed by atoms with van der Waals surface area (Å²) in [5, 5.41) is 9.46. The molecule has 0 saturated carbocycles. The smallest absolute Gasteiger partial charge is 0.120 e. The van der Waals surface area contributed by atoms with Crippen molar-refractivity contribution in [2.24, 2.45) is 11.5 Å². The Labute approximate surface area is 72.0 Å². The van der Waals surface area contributed by atoms with Crippen LogP contribution >= 0.6 is 0 Å². The molecule has 0 spiro atoms. The highest BCUT2D eigenvalue weighted by molar-refractivity contribution is 5.37. The molecule has 1 aromatic carbocycles. The quantitative estimate of drug-likeness (QED) is 0.604. The highest BCUT2D eigenvalue weighted by atomic mass is 16.3. The van der Waals surface area contributed by atoms with E-state index >= 15 is 0 Å². The second-order valence-electron chi connectivity index (χ2n) is 2.90. The molecule has 0 aromatic heterocycles. The van der Waals surface area contributed by atoms with Crippen molar-refractivity contribution < 1.29 is 5.11 Å². The van der Waals surface area contributed by atoms with Gasteiger partial charge in [0.25, 0.3) is 0 Å². The Morgan fingerprint density at radius 3 is 2.67 bits per heavy atom. The molecule has 12 heavy (non-hydrogen) atoms. The van der Waals surface area contributed by atoms with E-state index in [1.807, 2.05) is 19.1 Å². The second-order valence-corrected chi connectivity index (χ2v) is 2.90. The van der Waals surface area contributed by atoms with E-state index in [1.165, 1.54) is 0 Å². The Bertz CT molecular complexity index is 273. The molecule has 0 bridgehead atoms. The molecule has 66 valence electrons. The van der Waals surface area contributed by atoms with Crippen LogP contribution in [0.3, 0.4) is 0 Å². The van der Waals surface area contributed by atoms with Gasteiger partial charge in [0.1, 0.15) is 5.75 Å². The standard InChI is InChI=1S/C9H14N2O/c1-6-2-3-7(8(11)5-10)9(12)4-6/h2-4,8,12H,5,10-11H2,1H3/t8-/m1/s1. The van der Waals surface area contributed by atoms with E-state index in [9.17, 15) is 5.11 Å². The highest BCUT2D eigenvalue weighted by Gasteiger charge is 2.07. The number of phenolic OH excluding ortho intramolecular Hbond substituents is 1. The van der Waals surface area contributed by atoms with Crippen LogP contribution in [0.15, 0.2) is 18.2 Å². The van der Waals surface area contributed by atoms with Crippen LogP contribution in [0.4, 0.5) is 0 Å². The predicted octanol–water partition coefficient (Wildman–Crippen LogP) is 0.659. The lowest BCUT2D eigenvalue weighted by Crippen LogP contribution is -2.20. The summed E-state index contributed by atoms with van der Waals surface area (Å²) in [5.74, 6) is 0.230. The largest absolute Gasteiger partial charge is 0.508 e. The fourth-order valence-electron chi connectivity index (χ4n) is 1.09. The van der Waals surface area contributed by atoms with Gasteiger partial charge in [-0.2, -0.15) is 0 Å². The number of aryl methyl sites for hydroxylation is 1. The van der Waals surface area contributed by atoms with Crippen molar-refractivity contribution in [3.63, 3.8) is 0 Å². The Morgan fingerprint density at radius 1 is 1.50 bits per heavy atom. The Balaban J connectivity index is 3.01. The first-order valence-electron chi connectivity index (χ1n) is 3.90. The molecule has 0 aliphatic heterocycles. The summed E-state index contributed by atoms with van der Waals surface area (Å²) in [6, 6.07) is 5.13. The minimum atomic E-state index is -0.273. The third-order valence-electron chi connectivity index (χ3n) is 1.84. The summed E-state index contributed by atoms with van der Waals surface area (Å²) in [6.07, 6.45) is 0. The molecule has 0 aliphatic rings. The molecule has 0 amide bonds. The molecule has 0 fully saturated rings. The van der Waals surface area contributed by atoms with Crippen molar-refractivity contribution in [1.29, 1.82) is 0 Å². The lowest BCUT2D eigenvalue weighted by Gasteiger charge is -2.11. The molecule has 1 rings (SSSR count). The molecule has 3 nitrogen and oxygen atoms in total. The average Bonchev–Trinajstić information content (AvgIpc) is 2.03. The molecule has 1 atom stereocenters. The van der Waals surface area contributed by atoms with Gasteiger partial charge in [-0.15, -0.1) is 0 Å². The van der Waals surface area contributed by atoms with Crippen molar-refractivity contribution in [1.82, 2.24) is 0 Å². The third kappa shape index (κ3) is 1.75. The fraction of sp³-hybridized carbons (Fsp3) is 0.333. The summed E-state index contributed by atoms with van der Waals surface area (Å²) in [5.41, 5.74) is 12.8. The number of benzene rings is 1. The Kier molecular flexibility index (Phi) is 2.68. The minimum Gasteiger partial charge on any atom is -0.508 e. The van der Waals surface area contributed by atoms with E-state index in [0.717, 1.165) is 5.56 Å². The first kappa shape index (κ1) is 9.03. The number of hydrogen-bond acceptors (Lipinski definition) is 3. The van der Waals surface area contributed by atoms with Crippen LogP contribution in [0.25, 0.3) is 0 Å². The maximum Gasteiger partial charge on any atom is 0.120 e. The van der Waals surface area contributed by atoms with Crippen molar-refractivity contribution in [2.75, 3.05) is 6.54 Å². The van der Waals surface area contributed by atoms with Crippen LogP contribution in [0.2, 0.25) is 0 Å². The van der Waals surface area contributed by atoms with Crippen LogP contribution < -0.4 is 11.5 Å². The molecule has 0 heterocycles.